The molecule has 2 atom stereocenters. The molecule has 0 aliphatic rings. The van der Waals surface area contributed by atoms with Crippen molar-refractivity contribution in [3.63, 3.8) is 0 Å². The minimum Gasteiger partial charge on any atom is -0.392 e. The summed E-state index contributed by atoms with van der Waals surface area (Å²) < 4.78 is 11.5. The first kappa shape index (κ1) is 10.4. The van der Waals surface area contributed by atoms with E-state index in [4.69, 9.17) is 5.11 Å². The number of rotatable bonds is 3. The van der Waals surface area contributed by atoms with Gasteiger partial charge in [0.25, 0.3) is 0 Å². The molecule has 0 radical (unpaired) electrons. The summed E-state index contributed by atoms with van der Waals surface area (Å²) in [6.45, 7) is 3.63. The van der Waals surface area contributed by atoms with Crippen LogP contribution in [-0.4, -0.2) is 21.2 Å². The van der Waals surface area contributed by atoms with Gasteiger partial charge in [0.15, 0.2) is 0 Å². The molecule has 0 heterocycles. The maximum absolute atomic E-state index is 11.5. The molecule has 0 bridgehead atoms. The standard InChI is InChI=1S/C10H14O2S/c1-8-3-5-10(6-4-8)13(12)7-9(2)11/h3-6,9,11H,7H2,1-2H3/t9-,13?/m0/s1. The summed E-state index contributed by atoms with van der Waals surface area (Å²) in [5.74, 6) is 0.309. The Bertz CT molecular complexity index is 290. The molecule has 0 aliphatic carbocycles. The van der Waals surface area contributed by atoms with E-state index in [9.17, 15) is 4.21 Å². The molecule has 1 rings (SSSR count). The molecule has 0 saturated heterocycles. The molecule has 0 fully saturated rings. The number of aliphatic hydroxyl groups is 1. The molecular formula is C10H14O2S. The molecule has 0 spiro atoms. The largest absolute Gasteiger partial charge is 0.392 e. The molecule has 1 aromatic carbocycles. The number of aryl methyl sites for hydroxylation is 1. The quantitative estimate of drug-likeness (QED) is 0.799. The van der Waals surface area contributed by atoms with Crippen LogP contribution in [0.15, 0.2) is 29.2 Å². The van der Waals surface area contributed by atoms with Crippen LogP contribution < -0.4 is 0 Å². The minimum atomic E-state index is -1.07. The van der Waals surface area contributed by atoms with Gasteiger partial charge in [-0.2, -0.15) is 0 Å². The molecule has 0 aliphatic heterocycles. The molecule has 0 aromatic heterocycles. The van der Waals surface area contributed by atoms with Crippen LogP contribution in [0, 0.1) is 6.92 Å². The lowest BCUT2D eigenvalue weighted by atomic mass is 10.2. The fourth-order valence-corrected chi connectivity index (χ4v) is 2.08. The van der Waals surface area contributed by atoms with E-state index in [1.807, 2.05) is 31.2 Å². The Labute approximate surface area is 81.1 Å². The summed E-state index contributed by atoms with van der Waals surface area (Å²) in [5, 5.41) is 9.05. The Morgan fingerprint density at radius 3 is 2.38 bits per heavy atom. The van der Waals surface area contributed by atoms with Gasteiger partial charge in [-0.05, 0) is 26.0 Å². The van der Waals surface area contributed by atoms with Gasteiger partial charge in [-0.3, -0.25) is 4.21 Å². The molecule has 1 N–H and O–H groups in total. The van der Waals surface area contributed by atoms with Crippen LogP contribution >= 0.6 is 0 Å². The summed E-state index contributed by atoms with van der Waals surface area (Å²) in [5.41, 5.74) is 1.15. The smallest absolute Gasteiger partial charge is 0.0630 e. The minimum absolute atomic E-state index is 0.309. The van der Waals surface area contributed by atoms with Gasteiger partial charge < -0.3 is 5.11 Å². The Balaban J connectivity index is 2.72. The maximum atomic E-state index is 11.5. The van der Waals surface area contributed by atoms with Gasteiger partial charge in [-0.25, -0.2) is 0 Å². The molecule has 13 heavy (non-hydrogen) atoms. The van der Waals surface area contributed by atoms with Crippen LogP contribution in [0.25, 0.3) is 0 Å². The highest BCUT2D eigenvalue weighted by Crippen LogP contribution is 2.08. The molecule has 2 nitrogen and oxygen atoms in total. The fourth-order valence-electron chi connectivity index (χ4n) is 1.01. The average Bonchev–Trinajstić information content (AvgIpc) is 2.04. The average molecular weight is 198 g/mol. The van der Waals surface area contributed by atoms with Crippen molar-refractivity contribution in [2.24, 2.45) is 0 Å². The van der Waals surface area contributed by atoms with Gasteiger partial charge in [0.05, 0.1) is 22.7 Å². The Morgan fingerprint density at radius 1 is 1.38 bits per heavy atom. The third kappa shape index (κ3) is 3.28. The van der Waals surface area contributed by atoms with E-state index < -0.39 is 16.9 Å². The normalized spacial score (nSPS) is 15.3. The third-order valence-corrected chi connectivity index (χ3v) is 3.26. The summed E-state index contributed by atoms with van der Waals surface area (Å²) in [6.07, 6.45) is -0.512. The van der Waals surface area contributed by atoms with Crippen molar-refractivity contribution in [3.05, 3.63) is 29.8 Å². The van der Waals surface area contributed by atoms with Crippen molar-refractivity contribution in [1.29, 1.82) is 0 Å². The van der Waals surface area contributed by atoms with Crippen LogP contribution in [0.4, 0.5) is 0 Å². The van der Waals surface area contributed by atoms with Gasteiger partial charge in [-0.15, -0.1) is 0 Å². The number of aliphatic hydroxyl groups excluding tert-OH is 1. The predicted octanol–water partition coefficient (Wildman–Crippen LogP) is 1.48. The van der Waals surface area contributed by atoms with E-state index >= 15 is 0 Å². The molecule has 0 amide bonds. The SMILES string of the molecule is Cc1ccc(S(=O)C[C@H](C)O)cc1. The van der Waals surface area contributed by atoms with Crippen LogP contribution in [0.2, 0.25) is 0 Å². The zero-order chi connectivity index (χ0) is 9.84. The van der Waals surface area contributed by atoms with Crippen LogP contribution in [0.1, 0.15) is 12.5 Å². The van der Waals surface area contributed by atoms with Gasteiger partial charge in [0, 0.05) is 4.90 Å². The first-order chi connectivity index (χ1) is 6.09. The van der Waals surface area contributed by atoms with Crippen molar-refractivity contribution in [1.82, 2.24) is 0 Å². The monoisotopic (exact) mass is 198 g/mol. The van der Waals surface area contributed by atoms with E-state index in [-0.39, 0.29) is 0 Å². The highest BCUT2D eigenvalue weighted by Gasteiger charge is 2.06. The number of hydrogen-bond donors (Lipinski definition) is 1. The van der Waals surface area contributed by atoms with Crippen molar-refractivity contribution in [2.75, 3.05) is 5.75 Å². The molecule has 0 saturated carbocycles. The fraction of sp³-hybridized carbons (Fsp3) is 0.400. The molecule has 1 unspecified atom stereocenters. The van der Waals surface area contributed by atoms with E-state index in [2.05, 4.69) is 0 Å². The van der Waals surface area contributed by atoms with Crippen LogP contribution in [0.3, 0.4) is 0 Å². The highest BCUT2D eigenvalue weighted by atomic mass is 32.2. The number of hydrogen-bond acceptors (Lipinski definition) is 2. The van der Waals surface area contributed by atoms with Crippen LogP contribution in [0.5, 0.6) is 0 Å². The number of benzene rings is 1. The van der Waals surface area contributed by atoms with Gasteiger partial charge in [0.2, 0.25) is 0 Å². The molecule has 3 heteroatoms. The summed E-state index contributed by atoms with van der Waals surface area (Å²) >= 11 is 0. The zero-order valence-corrected chi connectivity index (χ0v) is 8.67. The first-order valence-electron chi connectivity index (χ1n) is 4.22. The van der Waals surface area contributed by atoms with Crippen molar-refractivity contribution in [2.45, 2.75) is 24.8 Å². The molecule has 1 aromatic rings. The van der Waals surface area contributed by atoms with Gasteiger partial charge in [0.1, 0.15) is 0 Å². The third-order valence-electron chi connectivity index (χ3n) is 1.68. The van der Waals surface area contributed by atoms with Crippen molar-refractivity contribution < 1.29 is 9.32 Å². The highest BCUT2D eigenvalue weighted by molar-refractivity contribution is 7.85. The van der Waals surface area contributed by atoms with E-state index in [1.165, 1.54) is 0 Å². The second-order valence-electron chi connectivity index (χ2n) is 3.17. The van der Waals surface area contributed by atoms with Gasteiger partial charge >= 0.3 is 0 Å². The Hall–Kier alpha value is -0.670. The first-order valence-corrected chi connectivity index (χ1v) is 5.54. The second-order valence-corrected chi connectivity index (χ2v) is 4.67. The lowest BCUT2D eigenvalue weighted by Gasteiger charge is -2.04. The lowest BCUT2D eigenvalue weighted by molar-refractivity contribution is 0.219. The second kappa shape index (κ2) is 4.53. The van der Waals surface area contributed by atoms with E-state index in [0.29, 0.717) is 5.75 Å². The zero-order valence-electron chi connectivity index (χ0n) is 7.86. The van der Waals surface area contributed by atoms with Gasteiger partial charge in [-0.1, -0.05) is 17.7 Å². The summed E-state index contributed by atoms with van der Waals surface area (Å²) in [6, 6.07) is 7.53. The Morgan fingerprint density at radius 2 is 1.92 bits per heavy atom. The maximum Gasteiger partial charge on any atom is 0.0630 e. The van der Waals surface area contributed by atoms with Crippen molar-refractivity contribution in [3.8, 4) is 0 Å². The Kier molecular flexibility index (Phi) is 3.63. The summed E-state index contributed by atoms with van der Waals surface area (Å²) in [4.78, 5) is 0.784. The predicted molar refractivity (Wildman–Crippen MR) is 54.1 cm³/mol. The van der Waals surface area contributed by atoms with Crippen molar-refractivity contribution >= 4 is 10.8 Å². The lowest BCUT2D eigenvalue weighted by Crippen LogP contribution is -2.12. The molecular weight excluding hydrogens is 184 g/mol. The molecule has 72 valence electrons. The summed E-state index contributed by atoms with van der Waals surface area (Å²) in [7, 11) is -1.07. The van der Waals surface area contributed by atoms with Crippen LogP contribution in [-0.2, 0) is 10.8 Å². The van der Waals surface area contributed by atoms with E-state index in [1.54, 1.807) is 6.92 Å². The topological polar surface area (TPSA) is 37.3 Å². The van der Waals surface area contributed by atoms with E-state index in [0.717, 1.165) is 10.5 Å².